The molecule has 0 bridgehead atoms. The largest absolute Gasteiger partial charge is 0.315 e. The van der Waals surface area contributed by atoms with Crippen molar-refractivity contribution in [1.82, 2.24) is 25.5 Å². The Kier molecular flexibility index (Phi) is 4.79. The van der Waals surface area contributed by atoms with Gasteiger partial charge in [-0.15, -0.1) is 12.4 Å². The van der Waals surface area contributed by atoms with E-state index in [1.165, 1.54) is 6.42 Å². The summed E-state index contributed by atoms with van der Waals surface area (Å²) in [5, 5.41) is 9.44. The first-order valence-corrected chi connectivity index (χ1v) is 6.66. The van der Waals surface area contributed by atoms with Gasteiger partial charge in [-0.1, -0.05) is 0 Å². The Balaban J connectivity index is 0.00000133. The summed E-state index contributed by atoms with van der Waals surface area (Å²) in [6, 6.07) is 2.20. The Morgan fingerprint density at radius 1 is 1.37 bits per heavy atom. The summed E-state index contributed by atoms with van der Waals surface area (Å²) in [6.07, 6.45) is 5.23. The van der Waals surface area contributed by atoms with Gasteiger partial charge in [-0.3, -0.25) is 14.5 Å². The van der Waals surface area contributed by atoms with Crippen LogP contribution < -0.4 is 10.7 Å². The van der Waals surface area contributed by atoms with E-state index in [-0.39, 0.29) is 18.3 Å². The summed E-state index contributed by atoms with van der Waals surface area (Å²) in [7, 11) is 0. The van der Waals surface area contributed by atoms with Crippen molar-refractivity contribution >= 4 is 18.3 Å². The fourth-order valence-corrected chi connectivity index (χ4v) is 2.56. The lowest BCUT2D eigenvalue weighted by Crippen LogP contribution is -2.37. The molecule has 1 atom stereocenters. The first-order chi connectivity index (χ1) is 8.84. The third-order valence-corrected chi connectivity index (χ3v) is 3.58. The number of carbonyl (C=O) groups is 1. The number of piperidine rings is 1. The fourth-order valence-electron chi connectivity index (χ4n) is 2.56. The molecule has 106 valence electrons. The second-order valence-electron chi connectivity index (χ2n) is 4.90. The van der Waals surface area contributed by atoms with Gasteiger partial charge in [0.05, 0.1) is 6.04 Å². The van der Waals surface area contributed by atoms with E-state index in [4.69, 9.17) is 0 Å². The molecule has 3 heterocycles. The molecule has 7 heteroatoms. The summed E-state index contributed by atoms with van der Waals surface area (Å²) in [5.41, 5.74) is 3.60. The lowest BCUT2D eigenvalue weighted by atomic mass is 10.1. The molecule has 0 radical (unpaired) electrons. The number of amides is 1. The van der Waals surface area contributed by atoms with Gasteiger partial charge in [-0.25, -0.2) is 5.43 Å². The van der Waals surface area contributed by atoms with Crippen molar-refractivity contribution < 1.29 is 4.79 Å². The first kappa shape index (κ1) is 14.3. The third kappa shape index (κ3) is 3.08. The van der Waals surface area contributed by atoms with Crippen molar-refractivity contribution in [2.45, 2.75) is 25.3 Å². The summed E-state index contributed by atoms with van der Waals surface area (Å²) in [4.78, 5) is 12.1. The number of halogens is 1. The van der Waals surface area contributed by atoms with E-state index < -0.39 is 0 Å². The third-order valence-electron chi connectivity index (χ3n) is 3.58. The average molecular weight is 286 g/mol. The summed E-state index contributed by atoms with van der Waals surface area (Å²) >= 11 is 0. The molecule has 1 unspecified atom stereocenters. The molecule has 6 nitrogen and oxygen atoms in total. The Hall–Kier alpha value is -1.11. The summed E-state index contributed by atoms with van der Waals surface area (Å²) in [5.74, 6) is -0.0185. The highest BCUT2D eigenvalue weighted by Crippen LogP contribution is 2.16. The molecule has 2 aliphatic rings. The Morgan fingerprint density at radius 2 is 2.26 bits per heavy atom. The van der Waals surface area contributed by atoms with Gasteiger partial charge < -0.3 is 5.32 Å². The highest BCUT2D eigenvalue weighted by Gasteiger charge is 2.23. The zero-order valence-corrected chi connectivity index (χ0v) is 11.7. The first-order valence-electron chi connectivity index (χ1n) is 6.66. The molecule has 0 spiro atoms. The van der Waals surface area contributed by atoms with Crippen molar-refractivity contribution in [3.63, 3.8) is 0 Å². The van der Waals surface area contributed by atoms with E-state index in [2.05, 4.69) is 15.8 Å². The van der Waals surface area contributed by atoms with Gasteiger partial charge in [-0.2, -0.15) is 5.10 Å². The molecule has 0 aromatic carbocycles. The van der Waals surface area contributed by atoms with E-state index in [1.54, 1.807) is 5.01 Å². The molecule has 3 rings (SSSR count). The molecular weight excluding hydrogens is 266 g/mol. The topological polar surface area (TPSA) is 62.2 Å². The van der Waals surface area contributed by atoms with Crippen LogP contribution in [0.3, 0.4) is 0 Å². The Bertz CT molecular complexity index is 424. The minimum absolute atomic E-state index is 0. The summed E-state index contributed by atoms with van der Waals surface area (Å²) in [6.45, 7) is 3.67. The van der Waals surface area contributed by atoms with Gasteiger partial charge in [0.2, 0.25) is 0 Å². The van der Waals surface area contributed by atoms with Crippen LogP contribution in [0.2, 0.25) is 0 Å². The van der Waals surface area contributed by atoms with Crippen LogP contribution in [0.4, 0.5) is 0 Å². The van der Waals surface area contributed by atoms with Gasteiger partial charge in [0.1, 0.15) is 0 Å². The van der Waals surface area contributed by atoms with Crippen LogP contribution in [0.15, 0.2) is 12.3 Å². The SMILES string of the molecule is Cl.O=C(c1ccn(C2CCCNC2)n1)N1CCCN1. The minimum atomic E-state index is -0.0185. The zero-order valence-electron chi connectivity index (χ0n) is 10.8. The second kappa shape index (κ2) is 6.36. The normalized spacial score (nSPS) is 23.2. The van der Waals surface area contributed by atoms with Crippen LogP contribution in [-0.2, 0) is 0 Å². The second-order valence-corrected chi connectivity index (χ2v) is 4.90. The van der Waals surface area contributed by atoms with Crippen molar-refractivity contribution in [3.8, 4) is 0 Å². The Morgan fingerprint density at radius 3 is 2.95 bits per heavy atom. The van der Waals surface area contributed by atoms with Crippen LogP contribution in [0.5, 0.6) is 0 Å². The maximum atomic E-state index is 12.1. The number of rotatable bonds is 2. The average Bonchev–Trinajstić information content (AvgIpc) is 3.10. The predicted octanol–water partition coefficient (Wildman–Crippen LogP) is 0.580. The smallest absolute Gasteiger partial charge is 0.288 e. The van der Waals surface area contributed by atoms with Crippen molar-refractivity contribution in [2.75, 3.05) is 26.2 Å². The predicted molar refractivity (Wildman–Crippen MR) is 74.3 cm³/mol. The molecule has 2 saturated heterocycles. The van der Waals surface area contributed by atoms with Crippen LogP contribution in [-0.4, -0.2) is 46.9 Å². The van der Waals surface area contributed by atoms with Crippen molar-refractivity contribution in [3.05, 3.63) is 18.0 Å². The zero-order chi connectivity index (χ0) is 12.4. The van der Waals surface area contributed by atoms with E-state index in [1.807, 2.05) is 16.9 Å². The van der Waals surface area contributed by atoms with Gasteiger partial charge >= 0.3 is 0 Å². The standard InChI is InChI=1S/C12H19N5O.ClH/c18-12(17-7-2-6-14-17)11-4-8-16(15-11)10-3-1-5-13-9-10;/h4,8,10,13-14H,1-3,5-7,9H2;1H. The molecule has 19 heavy (non-hydrogen) atoms. The van der Waals surface area contributed by atoms with Crippen molar-refractivity contribution in [1.29, 1.82) is 0 Å². The van der Waals surface area contributed by atoms with Crippen LogP contribution in [0.25, 0.3) is 0 Å². The van der Waals surface area contributed by atoms with Gasteiger partial charge in [-0.05, 0) is 31.9 Å². The van der Waals surface area contributed by atoms with Gasteiger partial charge in [0.15, 0.2) is 5.69 Å². The van der Waals surface area contributed by atoms with E-state index in [0.717, 1.165) is 39.0 Å². The number of nitrogens with one attached hydrogen (secondary N) is 2. The van der Waals surface area contributed by atoms with E-state index in [9.17, 15) is 4.79 Å². The highest BCUT2D eigenvalue weighted by molar-refractivity contribution is 5.92. The Labute approximate surface area is 118 Å². The minimum Gasteiger partial charge on any atom is -0.315 e. The molecular formula is C12H20ClN5O. The number of hydrogen-bond acceptors (Lipinski definition) is 4. The fraction of sp³-hybridized carbons (Fsp3) is 0.667. The molecule has 0 aliphatic carbocycles. The molecule has 0 saturated carbocycles. The van der Waals surface area contributed by atoms with Crippen molar-refractivity contribution in [2.24, 2.45) is 0 Å². The van der Waals surface area contributed by atoms with Crippen LogP contribution in [0.1, 0.15) is 35.8 Å². The number of carbonyl (C=O) groups excluding carboxylic acids is 1. The summed E-state index contributed by atoms with van der Waals surface area (Å²) < 4.78 is 1.93. The number of aromatic nitrogens is 2. The van der Waals surface area contributed by atoms with E-state index in [0.29, 0.717) is 11.7 Å². The number of hydrogen-bond donors (Lipinski definition) is 2. The molecule has 2 fully saturated rings. The molecule has 1 aromatic rings. The molecule has 2 N–H and O–H groups in total. The monoisotopic (exact) mass is 285 g/mol. The molecule has 1 amide bonds. The number of nitrogens with zero attached hydrogens (tertiary/aromatic N) is 3. The highest BCUT2D eigenvalue weighted by atomic mass is 35.5. The molecule has 2 aliphatic heterocycles. The van der Waals surface area contributed by atoms with Crippen LogP contribution >= 0.6 is 12.4 Å². The maximum absolute atomic E-state index is 12.1. The lowest BCUT2D eigenvalue weighted by molar-refractivity contribution is 0.0718. The van der Waals surface area contributed by atoms with E-state index >= 15 is 0 Å². The van der Waals surface area contributed by atoms with Gasteiger partial charge in [0.25, 0.3) is 5.91 Å². The maximum Gasteiger partial charge on any atom is 0.288 e. The van der Waals surface area contributed by atoms with Crippen LogP contribution in [0, 0.1) is 0 Å². The quantitative estimate of drug-likeness (QED) is 0.834. The molecule has 1 aromatic heterocycles. The van der Waals surface area contributed by atoms with Gasteiger partial charge in [0, 0.05) is 25.8 Å². The number of hydrazine groups is 1. The lowest BCUT2D eigenvalue weighted by Gasteiger charge is -2.23.